The molecule has 1 fully saturated rings. The van der Waals surface area contributed by atoms with Crippen LogP contribution in [0.4, 0.5) is 16.2 Å². The number of carbonyl (C=O) groups is 2. The van der Waals surface area contributed by atoms with E-state index in [4.69, 9.17) is 4.74 Å². The zero-order chi connectivity index (χ0) is 20.6. The van der Waals surface area contributed by atoms with E-state index in [0.29, 0.717) is 18.1 Å². The Balaban J connectivity index is 1.63. The van der Waals surface area contributed by atoms with E-state index in [1.165, 1.54) is 30.3 Å². The van der Waals surface area contributed by atoms with Crippen molar-refractivity contribution in [2.45, 2.75) is 46.1 Å². The Labute approximate surface area is 172 Å². The molecule has 1 heterocycles. The molecule has 0 aromatic heterocycles. The molecule has 0 bridgehead atoms. The van der Waals surface area contributed by atoms with Gasteiger partial charge in [0.05, 0.1) is 5.75 Å². The van der Waals surface area contributed by atoms with Gasteiger partial charge < -0.3 is 20.3 Å². The van der Waals surface area contributed by atoms with E-state index in [1.54, 1.807) is 0 Å². The van der Waals surface area contributed by atoms with Crippen molar-refractivity contribution >= 4 is 35.1 Å². The molecule has 1 aliphatic heterocycles. The van der Waals surface area contributed by atoms with Crippen LogP contribution in [0.5, 0.6) is 0 Å². The number of amides is 2. The first kappa shape index (κ1) is 22.4. The largest absolute Gasteiger partial charge is 0.444 e. The average molecular weight is 408 g/mol. The molecular formula is C21H33N3O3S. The summed E-state index contributed by atoms with van der Waals surface area (Å²) in [7, 11) is 0. The van der Waals surface area contributed by atoms with E-state index in [1.807, 2.05) is 32.9 Å². The fourth-order valence-electron chi connectivity index (χ4n) is 2.92. The van der Waals surface area contributed by atoms with Gasteiger partial charge in [0.2, 0.25) is 5.91 Å². The second-order valence-electron chi connectivity index (χ2n) is 8.25. The highest BCUT2D eigenvalue weighted by molar-refractivity contribution is 7.99. The van der Waals surface area contributed by atoms with Gasteiger partial charge in [-0.2, -0.15) is 11.8 Å². The third-order valence-electron chi connectivity index (χ3n) is 4.45. The van der Waals surface area contributed by atoms with Crippen LogP contribution < -0.4 is 15.5 Å². The predicted octanol–water partition coefficient (Wildman–Crippen LogP) is 4.12. The zero-order valence-electron chi connectivity index (χ0n) is 17.4. The summed E-state index contributed by atoms with van der Waals surface area (Å²) < 4.78 is 5.16. The number of ether oxygens (including phenoxy) is 1. The molecule has 28 heavy (non-hydrogen) atoms. The Bertz CT molecular complexity index is 635. The Kier molecular flexibility index (Phi) is 8.48. The summed E-state index contributed by atoms with van der Waals surface area (Å²) in [5.41, 5.74) is 1.53. The van der Waals surface area contributed by atoms with Crippen LogP contribution in [0.2, 0.25) is 0 Å². The van der Waals surface area contributed by atoms with Gasteiger partial charge in [0, 0.05) is 36.8 Å². The quantitative estimate of drug-likeness (QED) is 0.666. The highest BCUT2D eigenvalue weighted by Gasteiger charge is 2.16. The molecule has 1 aromatic rings. The van der Waals surface area contributed by atoms with Crippen LogP contribution in [0.1, 0.15) is 40.5 Å². The SMILES string of the molecule is CC1CCN(c2ccc(NC(=O)CSCCNC(=O)OC(C)(C)C)cc2)CC1. The molecule has 0 aliphatic carbocycles. The second-order valence-corrected chi connectivity index (χ2v) is 9.35. The first-order valence-corrected chi connectivity index (χ1v) is 11.1. The third-order valence-corrected chi connectivity index (χ3v) is 5.41. The molecule has 1 aliphatic rings. The molecule has 1 saturated heterocycles. The van der Waals surface area contributed by atoms with Crippen molar-refractivity contribution in [2.75, 3.05) is 41.4 Å². The van der Waals surface area contributed by atoms with Crippen LogP contribution in [-0.2, 0) is 9.53 Å². The van der Waals surface area contributed by atoms with Gasteiger partial charge in [0.1, 0.15) is 5.60 Å². The van der Waals surface area contributed by atoms with Crippen LogP contribution >= 0.6 is 11.8 Å². The van der Waals surface area contributed by atoms with Gasteiger partial charge >= 0.3 is 6.09 Å². The maximum absolute atomic E-state index is 12.1. The predicted molar refractivity (Wildman–Crippen MR) is 117 cm³/mol. The van der Waals surface area contributed by atoms with Gasteiger partial charge in [-0.15, -0.1) is 0 Å². The number of hydrogen-bond donors (Lipinski definition) is 2. The van der Waals surface area contributed by atoms with Crippen molar-refractivity contribution in [2.24, 2.45) is 5.92 Å². The van der Waals surface area contributed by atoms with Gasteiger partial charge in [-0.25, -0.2) is 4.79 Å². The van der Waals surface area contributed by atoms with E-state index in [0.717, 1.165) is 24.7 Å². The van der Waals surface area contributed by atoms with Crippen LogP contribution in [0.3, 0.4) is 0 Å². The molecule has 7 heteroatoms. The van der Waals surface area contributed by atoms with Gasteiger partial charge in [0.15, 0.2) is 0 Å². The zero-order valence-corrected chi connectivity index (χ0v) is 18.2. The van der Waals surface area contributed by atoms with Crippen LogP contribution in [0.25, 0.3) is 0 Å². The normalized spacial score (nSPS) is 15.2. The molecule has 156 valence electrons. The number of carbonyl (C=O) groups excluding carboxylic acids is 2. The van der Waals surface area contributed by atoms with Crippen LogP contribution in [-0.4, -0.2) is 48.7 Å². The number of nitrogens with zero attached hydrogens (tertiary/aromatic N) is 1. The van der Waals surface area contributed by atoms with Gasteiger partial charge in [0.25, 0.3) is 0 Å². The molecule has 6 nitrogen and oxygen atoms in total. The standard InChI is InChI=1S/C21H33N3O3S/c1-16-9-12-24(13-10-16)18-7-5-17(6-8-18)23-19(25)15-28-14-11-22-20(26)27-21(2,3)4/h5-8,16H,9-15H2,1-4H3,(H,22,26)(H,23,25). The van der Waals surface area contributed by atoms with E-state index in [2.05, 4.69) is 34.6 Å². The summed E-state index contributed by atoms with van der Waals surface area (Å²) in [5.74, 6) is 1.77. The summed E-state index contributed by atoms with van der Waals surface area (Å²) in [6.07, 6.45) is 2.04. The Morgan fingerprint density at radius 3 is 2.43 bits per heavy atom. The lowest BCUT2D eigenvalue weighted by molar-refractivity contribution is -0.113. The van der Waals surface area contributed by atoms with Gasteiger partial charge in [-0.1, -0.05) is 6.92 Å². The Morgan fingerprint density at radius 1 is 1.18 bits per heavy atom. The van der Waals surface area contributed by atoms with Crippen molar-refractivity contribution < 1.29 is 14.3 Å². The molecule has 2 amide bonds. The monoisotopic (exact) mass is 407 g/mol. The first-order chi connectivity index (χ1) is 13.2. The number of nitrogens with one attached hydrogen (secondary N) is 2. The van der Waals surface area contributed by atoms with E-state index < -0.39 is 11.7 Å². The van der Waals surface area contributed by atoms with Crippen molar-refractivity contribution in [3.63, 3.8) is 0 Å². The average Bonchev–Trinajstić information content (AvgIpc) is 2.61. The summed E-state index contributed by atoms with van der Waals surface area (Å²) in [5, 5.41) is 5.60. The summed E-state index contributed by atoms with van der Waals surface area (Å²) in [6.45, 7) is 10.4. The number of piperidine rings is 1. The topological polar surface area (TPSA) is 70.7 Å². The molecule has 0 radical (unpaired) electrons. The number of alkyl carbamates (subject to hydrolysis) is 1. The minimum atomic E-state index is -0.501. The molecule has 2 rings (SSSR count). The molecular weight excluding hydrogens is 374 g/mol. The van der Waals surface area contributed by atoms with Crippen LogP contribution in [0, 0.1) is 5.92 Å². The molecule has 0 saturated carbocycles. The summed E-state index contributed by atoms with van der Waals surface area (Å²) in [4.78, 5) is 26.0. The van der Waals surface area contributed by atoms with Crippen molar-refractivity contribution in [1.29, 1.82) is 0 Å². The molecule has 0 atom stereocenters. The lowest BCUT2D eigenvalue weighted by Gasteiger charge is -2.32. The number of rotatable bonds is 7. The maximum atomic E-state index is 12.1. The molecule has 0 unspecified atom stereocenters. The fraction of sp³-hybridized carbons (Fsp3) is 0.619. The van der Waals surface area contributed by atoms with E-state index >= 15 is 0 Å². The van der Waals surface area contributed by atoms with Crippen LogP contribution in [0.15, 0.2) is 24.3 Å². The smallest absolute Gasteiger partial charge is 0.407 e. The Morgan fingerprint density at radius 2 is 1.82 bits per heavy atom. The third kappa shape index (κ3) is 8.42. The number of benzene rings is 1. The summed E-state index contributed by atoms with van der Waals surface area (Å²) >= 11 is 1.48. The number of hydrogen-bond acceptors (Lipinski definition) is 5. The van der Waals surface area contributed by atoms with Gasteiger partial charge in [-0.05, 0) is 63.8 Å². The highest BCUT2D eigenvalue weighted by Crippen LogP contribution is 2.24. The highest BCUT2D eigenvalue weighted by atomic mass is 32.2. The lowest BCUT2D eigenvalue weighted by atomic mass is 9.99. The molecule has 0 spiro atoms. The minimum absolute atomic E-state index is 0.0400. The molecule has 1 aromatic carbocycles. The number of thioether (sulfide) groups is 1. The maximum Gasteiger partial charge on any atom is 0.407 e. The van der Waals surface area contributed by atoms with E-state index in [-0.39, 0.29) is 5.91 Å². The first-order valence-electron chi connectivity index (χ1n) is 9.92. The van der Waals surface area contributed by atoms with Crippen molar-refractivity contribution in [3.05, 3.63) is 24.3 Å². The number of anilines is 2. The fourth-order valence-corrected chi connectivity index (χ4v) is 3.57. The van der Waals surface area contributed by atoms with Crippen molar-refractivity contribution in [1.82, 2.24) is 5.32 Å². The van der Waals surface area contributed by atoms with Gasteiger partial charge in [-0.3, -0.25) is 4.79 Å². The lowest BCUT2D eigenvalue weighted by Crippen LogP contribution is -2.33. The Hall–Kier alpha value is -1.89. The van der Waals surface area contributed by atoms with E-state index in [9.17, 15) is 9.59 Å². The summed E-state index contributed by atoms with van der Waals surface area (Å²) in [6, 6.07) is 8.06. The van der Waals surface area contributed by atoms with Crippen molar-refractivity contribution in [3.8, 4) is 0 Å². The minimum Gasteiger partial charge on any atom is -0.444 e. The molecule has 2 N–H and O–H groups in total. The second kappa shape index (κ2) is 10.6.